The van der Waals surface area contributed by atoms with Crippen LogP contribution in [-0.2, 0) is 4.57 Å². The molecule has 0 saturated heterocycles. The molecule has 1 aromatic heterocycles. The molecule has 52 valence electrons. The lowest BCUT2D eigenvalue weighted by molar-refractivity contribution is 0.595. The smallest absolute Gasteiger partial charge is 0.194 e. The maximum atomic E-state index is 10.8. The lowest BCUT2D eigenvalue weighted by atomic mass is 10.5. The van der Waals surface area contributed by atoms with Gasteiger partial charge in [0, 0.05) is 11.9 Å². The van der Waals surface area contributed by atoms with Crippen molar-refractivity contribution >= 4 is 13.4 Å². The Kier molecular flexibility index (Phi) is 2.07. The number of nitrogens with zero attached hydrogens (tertiary/aromatic N) is 2. The maximum absolute atomic E-state index is 10.8. The van der Waals surface area contributed by atoms with E-state index >= 15 is 0 Å². The van der Waals surface area contributed by atoms with Gasteiger partial charge in [0.25, 0.3) is 0 Å². The molecule has 1 unspecified atom stereocenters. The zero-order valence-electron chi connectivity index (χ0n) is 5.90. The molecular formula is C6H8N2OP+. The van der Waals surface area contributed by atoms with Gasteiger partial charge in [-0.3, -0.25) is 0 Å². The summed E-state index contributed by atoms with van der Waals surface area (Å²) < 4.78 is 10.8. The highest BCUT2D eigenvalue weighted by molar-refractivity contribution is 7.51. The SMILES string of the molecule is Cc1ccnc([P+](C)=O)n1. The first-order chi connectivity index (χ1) is 4.70. The highest BCUT2D eigenvalue weighted by Gasteiger charge is 2.14. The van der Waals surface area contributed by atoms with Crippen molar-refractivity contribution in [3.05, 3.63) is 18.0 Å². The molecule has 4 heteroatoms. The average Bonchev–Trinajstić information content (AvgIpc) is 1.88. The molecule has 0 N–H and O–H groups in total. The van der Waals surface area contributed by atoms with Crippen LogP contribution in [0.3, 0.4) is 0 Å². The summed E-state index contributed by atoms with van der Waals surface area (Å²) in [6.07, 6.45) is 1.62. The minimum absolute atomic E-state index is 0.440. The van der Waals surface area contributed by atoms with Crippen LogP contribution in [0, 0.1) is 6.92 Å². The van der Waals surface area contributed by atoms with Crippen molar-refractivity contribution < 1.29 is 4.57 Å². The van der Waals surface area contributed by atoms with E-state index in [1.54, 1.807) is 18.9 Å². The number of hydrogen-bond acceptors (Lipinski definition) is 3. The van der Waals surface area contributed by atoms with E-state index in [1.165, 1.54) is 0 Å². The summed E-state index contributed by atoms with van der Waals surface area (Å²) in [5.74, 6) is 0. The third kappa shape index (κ3) is 1.58. The summed E-state index contributed by atoms with van der Waals surface area (Å²) in [4.78, 5) is 7.82. The Hall–Kier alpha value is -0.820. The monoisotopic (exact) mass is 155 g/mol. The Labute approximate surface area is 60.3 Å². The van der Waals surface area contributed by atoms with Crippen LogP contribution in [0.1, 0.15) is 5.69 Å². The molecule has 0 bridgehead atoms. The molecule has 0 aliphatic carbocycles. The molecule has 0 fully saturated rings. The first-order valence-corrected chi connectivity index (χ1v) is 4.61. The van der Waals surface area contributed by atoms with Crippen LogP contribution < -0.4 is 5.57 Å². The van der Waals surface area contributed by atoms with Crippen LogP contribution >= 0.6 is 7.80 Å². The standard InChI is InChI=1S/C6H8N2OP/c1-5-3-4-7-6(8-5)10(2)9/h3-4H,1-2H3/q+1. The van der Waals surface area contributed by atoms with Gasteiger partial charge in [0.05, 0.1) is 0 Å². The molecule has 0 saturated carbocycles. The second kappa shape index (κ2) is 2.84. The van der Waals surface area contributed by atoms with Gasteiger partial charge in [0.2, 0.25) is 0 Å². The summed E-state index contributed by atoms with van der Waals surface area (Å²) >= 11 is 0. The van der Waals surface area contributed by atoms with Gasteiger partial charge in [-0.2, -0.15) is 9.97 Å². The van der Waals surface area contributed by atoms with Crippen LogP contribution in [0.4, 0.5) is 0 Å². The molecule has 1 aromatic rings. The average molecular weight is 155 g/mol. The van der Waals surface area contributed by atoms with Gasteiger partial charge in [0.1, 0.15) is 6.66 Å². The maximum Gasteiger partial charge on any atom is 0.415 e. The van der Waals surface area contributed by atoms with Crippen LogP contribution in [0.15, 0.2) is 12.3 Å². The molecule has 0 aromatic carbocycles. The molecule has 0 spiro atoms. The Bertz CT molecular complexity index is 262. The number of aryl methyl sites for hydroxylation is 1. The fourth-order valence-corrected chi connectivity index (χ4v) is 1.12. The molecule has 3 nitrogen and oxygen atoms in total. The van der Waals surface area contributed by atoms with E-state index in [0.717, 1.165) is 5.69 Å². The van der Waals surface area contributed by atoms with E-state index in [0.29, 0.717) is 5.57 Å². The van der Waals surface area contributed by atoms with Gasteiger partial charge in [-0.1, -0.05) is 4.57 Å². The Morgan fingerprint density at radius 3 is 2.70 bits per heavy atom. The third-order valence-electron chi connectivity index (χ3n) is 1.06. The Morgan fingerprint density at radius 2 is 2.30 bits per heavy atom. The van der Waals surface area contributed by atoms with Crippen molar-refractivity contribution in [3.8, 4) is 0 Å². The fourth-order valence-electron chi connectivity index (χ4n) is 0.587. The quantitative estimate of drug-likeness (QED) is 0.565. The van der Waals surface area contributed by atoms with Crippen molar-refractivity contribution in [3.63, 3.8) is 0 Å². The van der Waals surface area contributed by atoms with Gasteiger partial charge < -0.3 is 0 Å². The minimum atomic E-state index is -1.38. The second-order valence-corrected chi connectivity index (χ2v) is 3.39. The van der Waals surface area contributed by atoms with Gasteiger partial charge in [-0.25, -0.2) is 0 Å². The predicted octanol–water partition coefficient (Wildman–Crippen LogP) is 0.868. The zero-order chi connectivity index (χ0) is 7.56. The topological polar surface area (TPSA) is 42.9 Å². The number of hydrogen-bond donors (Lipinski definition) is 0. The van der Waals surface area contributed by atoms with Crippen molar-refractivity contribution in [1.82, 2.24) is 9.97 Å². The summed E-state index contributed by atoms with van der Waals surface area (Å²) in [7, 11) is -1.38. The van der Waals surface area contributed by atoms with E-state index in [9.17, 15) is 4.57 Å². The molecular weight excluding hydrogens is 147 g/mol. The molecule has 0 aliphatic heterocycles. The molecule has 10 heavy (non-hydrogen) atoms. The highest BCUT2D eigenvalue weighted by Crippen LogP contribution is 2.08. The second-order valence-electron chi connectivity index (χ2n) is 2.00. The summed E-state index contributed by atoms with van der Waals surface area (Å²) in [5, 5.41) is 0. The van der Waals surface area contributed by atoms with Crippen LogP contribution in [0.25, 0.3) is 0 Å². The van der Waals surface area contributed by atoms with Crippen molar-refractivity contribution in [1.29, 1.82) is 0 Å². The van der Waals surface area contributed by atoms with Gasteiger partial charge in [-0.05, 0) is 13.0 Å². The Balaban J connectivity index is 3.07. The van der Waals surface area contributed by atoms with Crippen molar-refractivity contribution in [2.75, 3.05) is 6.66 Å². The van der Waals surface area contributed by atoms with E-state index < -0.39 is 7.80 Å². The van der Waals surface area contributed by atoms with Crippen LogP contribution in [-0.4, -0.2) is 16.6 Å². The minimum Gasteiger partial charge on any atom is -0.194 e. The van der Waals surface area contributed by atoms with Gasteiger partial charge >= 0.3 is 13.4 Å². The van der Waals surface area contributed by atoms with Gasteiger partial charge in [0.15, 0.2) is 0 Å². The molecule has 1 heterocycles. The Morgan fingerprint density at radius 1 is 1.60 bits per heavy atom. The van der Waals surface area contributed by atoms with E-state index in [4.69, 9.17) is 0 Å². The summed E-state index contributed by atoms with van der Waals surface area (Å²) in [6, 6.07) is 1.78. The predicted molar refractivity (Wildman–Crippen MR) is 39.9 cm³/mol. The summed E-state index contributed by atoms with van der Waals surface area (Å²) in [6.45, 7) is 3.45. The molecule has 0 radical (unpaired) electrons. The molecule has 1 atom stereocenters. The summed E-state index contributed by atoms with van der Waals surface area (Å²) in [5.41, 5.74) is 1.30. The van der Waals surface area contributed by atoms with Crippen LogP contribution in [0.2, 0.25) is 0 Å². The fraction of sp³-hybridized carbons (Fsp3) is 0.333. The van der Waals surface area contributed by atoms with Gasteiger partial charge in [-0.15, -0.1) is 0 Å². The molecule has 0 aliphatic rings. The highest BCUT2D eigenvalue weighted by atomic mass is 31.1. The zero-order valence-corrected chi connectivity index (χ0v) is 6.80. The number of aromatic nitrogens is 2. The first-order valence-electron chi connectivity index (χ1n) is 2.90. The first kappa shape index (κ1) is 7.29. The normalized spacial score (nSPS) is 11.2. The lowest BCUT2D eigenvalue weighted by Gasteiger charge is -1.85. The molecule has 0 amide bonds. The van der Waals surface area contributed by atoms with Crippen molar-refractivity contribution in [2.24, 2.45) is 0 Å². The third-order valence-corrected chi connectivity index (χ3v) is 1.84. The van der Waals surface area contributed by atoms with E-state index in [-0.39, 0.29) is 0 Å². The number of rotatable bonds is 1. The van der Waals surface area contributed by atoms with E-state index in [1.807, 2.05) is 6.92 Å². The van der Waals surface area contributed by atoms with Crippen LogP contribution in [0.5, 0.6) is 0 Å². The largest absolute Gasteiger partial charge is 0.415 e. The van der Waals surface area contributed by atoms with E-state index in [2.05, 4.69) is 9.97 Å². The lowest BCUT2D eigenvalue weighted by Crippen LogP contribution is -2.07. The molecule has 1 rings (SSSR count). The van der Waals surface area contributed by atoms with Crippen molar-refractivity contribution in [2.45, 2.75) is 6.92 Å².